The van der Waals surface area contributed by atoms with Gasteiger partial charge in [0.25, 0.3) is 0 Å². The van der Waals surface area contributed by atoms with E-state index in [9.17, 15) is 4.79 Å². The van der Waals surface area contributed by atoms with E-state index < -0.39 is 0 Å². The minimum Gasteiger partial charge on any atom is -0.325 e. The Hall–Kier alpha value is -0.580. The molecule has 2 atom stereocenters. The molecule has 2 rings (SSSR count). The Morgan fingerprint density at radius 2 is 2.35 bits per heavy atom. The third-order valence-electron chi connectivity index (χ3n) is 3.36. The molecule has 1 saturated carbocycles. The van der Waals surface area contributed by atoms with Crippen molar-refractivity contribution in [2.75, 3.05) is 5.32 Å². The van der Waals surface area contributed by atoms with E-state index in [0.717, 1.165) is 31.4 Å². The molecule has 1 aliphatic carbocycles. The second-order valence-electron chi connectivity index (χ2n) is 4.81. The maximum Gasteiger partial charge on any atom is 0.229 e. The first kappa shape index (κ1) is 14.5. The smallest absolute Gasteiger partial charge is 0.229 e. The highest BCUT2D eigenvalue weighted by molar-refractivity contribution is 7.08. The van der Waals surface area contributed by atoms with Gasteiger partial charge in [-0.25, -0.2) is 0 Å². The van der Waals surface area contributed by atoms with Gasteiger partial charge in [-0.15, -0.1) is 12.4 Å². The van der Waals surface area contributed by atoms with Crippen molar-refractivity contribution in [2.24, 2.45) is 11.7 Å². The molecule has 0 bridgehead atoms. The van der Waals surface area contributed by atoms with Crippen LogP contribution in [0.1, 0.15) is 32.6 Å². The van der Waals surface area contributed by atoms with Crippen molar-refractivity contribution in [3.63, 3.8) is 0 Å². The van der Waals surface area contributed by atoms with Crippen molar-refractivity contribution in [1.82, 2.24) is 0 Å². The molecule has 0 radical (unpaired) electrons. The van der Waals surface area contributed by atoms with E-state index in [4.69, 9.17) is 5.73 Å². The lowest BCUT2D eigenvalue weighted by Crippen LogP contribution is -2.51. The zero-order valence-electron chi connectivity index (χ0n) is 9.94. The first-order valence-corrected chi connectivity index (χ1v) is 6.66. The lowest BCUT2D eigenvalue weighted by Gasteiger charge is -2.37. The van der Waals surface area contributed by atoms with Crippen LogP contribution in [0.25, 0.3) is 0 Å². The molecule has 3 nitrogen and oxygen atoms in total. The molecule has 0 spiro atoms. The molecule has 2 unspecified atom stereocenters. The molecular formula is C12H19ClN2OS. The highest BCUT2D eigenvalue weighted by atomic mass is 35.5. The largest absolute Gasteiger partial charge is 0.325 e. The fourth-order valence-corrected chi connectivity index (χ4v) is 2.94. The molecule has 1 aromatic heterocycles. The zero-order chi connectivity index (χ0) is 11.6. The van der Waals surface area contributed by atoms with Gasteiger partial charge in [0.1, 0.15) is 0 Å². The van der Waals surface area contributed by atoms with E-state index in [1.165, 1.54) is 0 Å². The van der Waals surface area contributed by atoms with Gasteiger partial charge in [-0.3, -0.25) is 4.79 Å². The predicted octanol–water partition coefficient (Wildman–Crippen LogP) is 3.02. The Balaban J connectivity index is 0.00000144. The number of anilines is 1. The molecule has 17 heavy (non-hydrogen) atoms. The first-order valence-electron chi connectivity index (χ1n) is 5.71. The summed E-state index contributed by atoms with van der Waals surface area (Å²) in [5.74, 6) is 0.0178. The van der Waals surface area contributed by atoms with Gasteiger partial charge in [0.15, 0.2) is 0 Å². The SMILES string of the molecule is CC1(N)CCCCC1C(=O)Nc1ccsc1.Cl. The fourth-order valence-electron chi connectivity index (χ4n) is 2.35. The quantitative estimate of drug-likeness (QED) is 0.871. The van der Waals surface area contributed by atoms with Crippen molar-refractivity contribution >= 4 is 35.3 Å². The minimum atomic E-state index is -0.349. The Kier molecular flexibility index (Phi) is 4.98. The van der Waals surface area contributed by atoms with Gasteiger partial charge in [-0.2, -0.15) is 11.3 Å². The van der Waals surface area contributed by atoms with Crippen LogP contribution in [0.2, 0.25) is 0 Å². The number of hydrogen-bond acceptors (Lipinski definition) is 3. The number of nitrogens with one attached hydrogen (secondary N) is 1. The van der Waals surface area contributed by atoms with E-state index in [1.807, 2.05) is 23.8 Å². The highest BCUT2D eigenvalue weighted by Crippen LogP contribution is 2.32. The molecule has 96 valence electrons. The van der Waals surface area contributed by atoms with Crippen LogP contribution in [0.15, 0.2) is 16.8 Å². The van der Waals surface area contributed by atoms with E-state index in [1.54, 1.807) is 11.3 Å². The first-order chi connectivity index (χ1) is 7.59. The van der Waals surface area contributed by atoms with Crippen LogP contribution in [-0.2, 0) is 4.79 Å². The van der Waals surface area contributed by atoms with Crippen LogP contribution in [0.4, 0.5) is 5.69 Å². The second kappa shape index (κ2) is 5.85. The van der Waals surface area contributed by atoms with Crippen LogP contribution in [0, 0.1) is 5.92 Å². The Bertz CT molecular complexity index is 365. The highest BCUT2D eigenvalue weighted by Gasteiger charge is 2.37. The molecule has 1 amide bonds. The number of halogens is 1. The maximum atomic E-state index is 12.1. The molecular weight excluding hydrogens is 256 g/mol. The number of amides is 1. The van der Waals surface area contributed by atoms with Gasteiger partial charge in [-0.1, -0.05) is 12.8 Å². The normalized spacial score (nSPS) is 28.2. The van der Waals surface area contributed by atoms with E-state index >= 15 is 0 Å². The van der Waals surface area contributed by atoms with Gasteiger partial charge in [0.2, 0.25) is 5.91 Å². The number of thiophene rings is 1. The summed E-state index contributed by atoms with van der Waals surface area (Å²) in [5.41, 5.74) is 6.73. The molecule has 5 heteroatoms. The van der Waals surface area contributed by atoms with Crippen molar-refractivity contribution in [3.8, 4) is 0 Å². The molecule has 0 saturated heterocycles. The fraction of sp³-hybridized carbons (Fsp3) is 0.583. The average Bonchev–Trinajstić information content (AvgIpc) is 2.69. The Labute approximate surface area is 112 Å². The van der Waals surface area contributed by atoms with Gasteiger partial charge < -0.3 is 11.1 Å². The number of hydrogen-bond donors (Lipinski definition) is 2. The Morgan fingerprint density at radius 1 is 1.59 bits per heavy atom. The van der Waals surface area contributed by atoms with Crippen LogP contribution in [-0.4, -0.2) is 11.4 Å². The van der Waals surface area contributed by atoms with Gasteiger partial charge >= 0.3 is 0 Å². The number of nitrogens with two attached hydrogens (primary N) is 1. The summed E-state index contributed by atoms with van der Waals surface area (Å²) in [6, 6.07) is 1.92. The lowest BCUT2D eigenvalue weighted by atomic mass is 9.74. The summed E-state index contributed by atoms with van der Waals surface area (Å²) < 4.78 is 0. The monoisotopic (exact) mass is 274 g/mol. The molecule has 0 aliphatic heterocycles. The number of rotatable bonds is 2. The standard InChI is InChI=1S/C12H18N2OS.ClH/c1-12(13)6-3-2-4-10(12)11(15)14-9-5-7-16-8-9;/h5,7-8,10H,2-4,6,13H2,1H3,(H,14,15);1H. The van der Waals surface area contributed by atoms with Crippen molar-refractivity contribution < 1.29 is 4.79 Å². The van der Waals surface area contributed by atoms with Crippen molar-refractivity contribution in [2.45, 2.75) is 38.1 Å². The third-order valence-corrected chi connectivity index (χ3v) is 4.04. The molecule has 1 fully saturated rings. The summed E-state index contributed by atoms with van der Waals surface area (Å²) in [7, 11) is 0. The van der Waals surface area contributed by atoms with Crippen LogP contribution in [0.3, 0.4) is 0 Å². The van der Waals surface area contributed by atoms with Gasteiger partial charge in [0, 0.05) is 10.9 Å². The topological polar surface area (TPSA) is 55.1 Å². The molecule has 1 aromatic rings. The van der Waals surface area contributed by atoms with E-state index in [2.05, 4.69) is 5.32 Å². The predicted molar refractivity (Wildman–Crippen MR) is 74.7 cm³/mol. The van der Waals surface area contributed by atoms with Crippen LogP contribution < -0.4 is 11.1 Å². The zero-order valence-corrected chi connectivity index (χ0v) is 11.6. The number of carbonyl (C=O) groups excluding carboxylic acids is 1. The van der Waals surface area contributed by atoms with E-state index in [-0.39, 0.29) is 29.8 Å². The molecule has 1 heterocycles. The molecule has 1 aliphatic rings. The summed E-state index contributed by atoms with van der Waals surface area (Å²) in [6.45, 7) is 1.99. The van der Waals surface area contributed by atoms with Crippen LogP contribution in [0.5, 0.6) is 0 Å². The summed E-state index contributed by atoms with van der Waals surface area (Å²) in [6.07, 6.45) is 4.08. The minimum absolute atomic E-state index is 0. The van der Waals surface area contributed by atoms with Crippen molar-refractivity contribution in [1.29, 1.82) is 0 Å². The second-order valence-corrected chi connectivity index (χ2v) is 5.59. The summed E-state index contributed by atoms with van der Waals surface area (Å²) in [4.78, 5) is 12.1. The number of carbonyl (C=O) groups is 1. The lowest BCUT2D eigenvalue weighted by molar-refractivity contribution is -0.122. The van der Waals surface area contributed by atoms with E-state index in [0.29, 0.717) is 0 Å². The average molecular weight is 275 g/mol. The van der Waals surface area contributed by atoms with Crippen molar-refractivity contribution in [3.05, 3.63) is 16.8 Å². The summed E-state index contributed by atoms with van der Waals surface area (Å²) >= 11 is 1.58. The molecule has 3 N–H and O–H groups in total. The summed E-state index contributed by atoms with van der Waals surface area (Å²) in [5, 5.41) is 6.83. The maximum absolute atomic E-state index is 12.1. The third kappa shape index (κ3) is 3.44. The van der Waals surface area contributed by atoms with Gasteiger partial charge in [-0.05, 0) is 31.2 Å². The Morgan fingerprint density at radius 3 is 2.94 bits per heavy atom. The molecule has 0 aromatic carbocycles. The van der Waals surface area contributed by atoms with Crippen LogP contribution >= 0.6 is 23.7 Å². The van der Waals surface area contributed by atoms with Gasteiger partial charge in [0.05, 0.1) is 11.6 Å².